The maximum atomic E-state index is 5.47. The first-order valence-corrected chi connectivity index (χ1v) is 6.75. The van der Waals surface area contributed by atoms with E-state index in [1.807, 2.05) is 7.05 Å². The molecule has 0 amide bonds. The van der Waals surface area contributed by atoms with Gasteiger partial charge in [-0.1, -0.05) is 0 Å². The molecule has 0 saturated heterocycles. The minimum atomic E-state index is -0.0394. The maximum absolute atomic E-state index is 5.47. The van der Waals surface area contributed by atoms with Gasteiger partial charge < -0.3 is 10.1 Å². The first-order valence-electron chi connectivity index (χ1n) is 5.81. The van der Waals surface area contributed by atoms with Crippen molar-refractivity contribution < 1.29 is 4.74 Å². The van der Waals surface area contributed by atoms with Crippen molar-refractivity contribution >= 4 is 11.3 Å². The van der Waals surface area contributed by atoms with Crippen molar-refractivity contribution in [2.45, 2.75) is 44.8 Å². The Labute approximate surface area is 103 Å². The second-order valence-corrected chi connectivity index (χ2v) is 5.60. The largest absolute Gasteiger partial charge is 0.379 e. The number of rotatable bonds is 7. The SMILES string of the molecule is CNC(CCc1ccsc1)CC(C)(C)OC. The van der Waals surface area contributed by atoms with Crippen molar-refractivity contribution in [2.75, 3.05) is 14.2 Å². The quantitative estimate of drug-likeness (QED) is 0.792. The van der Waals surface area contributed by atoms with Gasteiger partial charge in [0.1, 0.15) is 0 Å². The molecule has 0 aromatic carbocycles. The Morgan fingerprint density at radius 2 is 2.25 bits per heavy atom. The van der Waals surface area contributed by atoms with Crippen LogP contribution in [0, 0.1) is 0 Å². The third kappa shape index (κ3) is 4.64. The zero-order chi connectivity index (χ0) is 12.0. The van der Waals surface area contributed by atoms with Crippen molar-refractivity contribution in [3.8, 4) is 0 Å². The maximum Gasteiger partial charge on any atom is 0.0637 e. The fraction of sp³-hybridized carbons (Fsp3) is 0.692. The van der Waals surface area contributed by atoms with Crippen LogP contribution in [0.5, 0.6) is 0 Å². The van der Waals surface area contributed by atoms with Gasteiger partial charge in [0.15, 0.2) is 0 Å². The number of hydrogen-bond acceptors (Lipinski definition) is 3. The van der Waals surface area contributed by atoms with Crippen LogP contribution in [0.3, 0.4) is 0 Å². The molecule has 16 heavy (non-hydrogen) atoms. The Balaban J connectivity index is 2.37. The fourth-order valence-electron chi connectivity index (χ4n) is 1.80. The monoisotopic (exact) mass is 241 g/mol. The normalized spacial score (nSPS) is 14.0. The molecule has 1 N–H and O–H groups in total. The predicted molar refractivity (Wildman–Crippen MR) is 71.2 cm³/mol. The lowest BCUT2D eigenvalue weighted by molar-refractivity contribution is 0.00704. The van der Waals surface area contributed by atoms with Gasteiger partial charge in [0.05, 0.1) is 5.60 Å². The number of thiophene rings is 1. The summed E-state index contributed by atoms with van der Waals surface area (Å²) in [7, 11) is 3.82. The molecule has 1 heterocycles. The highest BCUT2D eigenvalue weighted by Crippen LogP contribution is 2.19. The van der Waals surface area contributed by atoms with Crippen molar-refractivity contribution in [2.24, 2.45) is 0 Å². The highest BCUT2D eigenvalue weighted by molar-refractivity contribution is 7.07. The molecule has 2 nitrogen and oxygen atoms in total. The highest BCUT2D eigenvalue weighted by Gasteiger charge is 2.21. The number of methoxy groups -OCH3 is 1. The Kier molecular flexibility index (Phi) is 5.46. The minimum Gasteiger partial charge on any atom is -0.379 e. The van der Waals surface area contributed by atoms with E-state index in [-0.39, 0.29) is 5.60 Å². The predicted octanol–water partition coefficient (Wildman–Crippen LogP) is 3.08. The van der Waals surface area contributed by atoms with Gasteiger partial charge in [-0.2, -0.15) is 11.3 Å². The molecule has 0 aliphatic rings. The van der Waals surface area contributed by atoms with Crippen LogP contribution in [0.15, 0.2) is 16.8 Å². The second-order valence-electron chi connectivity index (χ2n) is 4.82. The first-order chi connectivity index (χ1) is 7.57. The smallest absolute Gasteiger partial charge is 0.0637 e. The average molecular weight is 241 g/mol. The molecule has 1 unspecified atom stereocenters. The molecule has 1 aromatic heterocycles. The summed E-state index contributed by atoms with van der Waals surface area (Å²) < 4.78 is 5.47. The lowest BCUT2D eigenvalue weighted by Crippen LogP contribution is -2.36. The van der Waals surface area contributed by atoms with Crippen LogP contribution in [0.4, 0.5) is 0 Å². The lowest BCUT2D eigenvalue weighted by atomic mass is 9.95. The van der Waals surface area contributed by atoms with Crippen molar-refractivity contribution in [3.63, 3.8) is 0 Å². The van der Waals surface area contributed by atoms with E-state index < -0.39 is 0 Å². The fourth-order valence-corrected chi connectivity index (χ4v) is 2.50. The van der Waals surface area contributed by atoms with Crippen LogP contribution in [0.2, 0.25) is 0 Å². The van der Waals surface area contributed by atoms with Crippen molar-refractivity contribution in [3.05, 3.63) is 22.4 Å². The zero-order valence-electron chi connectivity index (χ0n) is 10.7. The van der Waals surface area contributed by atoms with E-state index in [9.17, 15) is 0 Å². The number of ether oxygens (including phenoxy) is 1. The van der Waals surface area contributed by atoms with Crippen LogP contribution in [-0.4, -0.2) is 25.8 Å². The summed E-state index contributed by atoms with van der Waals surface area (Å²) in [6, 6.07) is 2.73. The summed E-state index contributed by atoms with van der Waals surface area (Å²) in [5.74, 6) is 0. The van der Waals surface area contributed by atoms with Gasteiger partial charge in [-0.25, -0.2) is 0 Å². The van der Waals surface area contributed by atoms with E-state index in [0.29, 0.717) is 6.04 Å². The number of aryl methyl sites for hydroxylation is 1. The molecule has 0 aliphatic heterocycles. The molecule has 0 saturated carbocycles. The van der Waals surface area contributed by atoms with Crippen molar-refractivity contribution in [1.82, 2.24) is 5.32 Å². The Morgan fingerprint density at radius 3 is 2.75 bits per heavy atom. The molecular weight excluding hydrogens is 218 g/mol. The van der Waals surface area contributed by atoms with E-state index in [1.54, 1.807) is 18.4 Å². The van der Waals surface area contributed by atoms with Gasteiger partial charge in [0, 0.05) is 13.2 Å². The van der Waals surface area contributed by atoms with E-state index in [0.717, 1.165) is 12.8 Å². The minimum absolute atomic E-state index is 0.0394. The molecule has 0 radical (unpaired) electrons. The molecule has 0 aliphatic carbocycles. The van der Waals surface area contributed by atoms with E-state index in [1.165, 1.54) is 12.0 Å². The molecule has 1 rings (SSSR count). The molecule has 1 atom stereocenters. The average Bonchev–Trinajstić information content (AvgIpc) is 2.77. The molecular formula is C13H23NOS. The van der Waals surface area contributed by atoms with Crippen LogP contribution in [-0.2, 0) is 11.2 Å². The van der Waals surface area contributed by atoms with Gasteiger partial charge in [0.2, 0.25) is 0 Å². The van der Waals surface area contributed by atoms with Crippen LogP contribution in [0.1, 0.15) is 32.3 Å². The molecule has 92 valence electrons. The van der Waals surface area contributed by atoms with E-state index in [4.69, 9.17) is 4.74 Å². The standard InChI is InChI=1S/C13H23NOS/c1-13(2,15-4)9-12(14-3)6-5-11-7-8-16-10-11/h7-8,10,12,14H,5-6,9H2,1-4H3. The summed E-state index contributed by atoms with van der Waals surface area (Å²) in [5.41, 5.74) is 1.41. The summed E-state index contributed by atoms with van der Waals surface area (Å²) in [4.78, 5) is 0. The summed E-state index contributed by atoms with van der Waals surface area (Å²) in [5, 5.41) is 7.75. The first kappa shape index (κ1) is 13.7. The molecule has 3 heteroatoms. The van der Waals surface area contributed by atoms with Gasteiger partial charge in [0.25, 0.3) is 0 Å². The Bertz CT molecular complexity index is 282. The molecule has 0 spiro atoms. The Morgan fingerprint density at radius 1 is 1.50 bits per heavy atom. The summed E-state index contributed by atoms with van der Waals surface area (Å²) >= 11 is 1.77. The summed E-state index contributed by atoms with van der Waals surface area (Å²) in [6.07, 6.45) is 3.36. The van der Waals surface area contributed by atoms with Crippen LogP contribution >= 0.6 is 11.3 Å². The highest BCUT2D eigenvalue weighted by atomic mass is 32.1. The lowest BCUT2D eigenvalue weighted by Gasteiger charge is -2.28. The zero-order valence-corrected chi connectivity index (χ0v) is 11.6. The molecule has 1 aromatic rings. The van der Waals surface area contributed by atoms with Gasteiger partial charge in [-0.15, -0.1) is 0 Å². The topological polar surface area (TPSA) is 21.3 Å². The van der Waals surface area contributed by atoms with Gasteiger partial charge >= 0.3 is 0 Å². The third-order valence-electron chi connectivity index (χ3n) is 3.06. The van der Waals surface area contributed by atoms with E-state index >= 15 is 0 Å². The Hall–Kier alpha value is -0.380. The third-order valence-corrected chi connectivity index (χ3v) is 3.79. The van der Waals surface area contributed by atoms with Crippen molar-refractivity contribution in [1.29, 1.82) is 0 Å². The second kappa shape index (κ2) is 6.38. The number of nitrogens with one attached hydrogen (secondary N) is 1. The molecule has 0 fully saturated rings. The van der Waals surface area contributed by atoms with E-state index in [2.05, 4.69) is 36.0 Å². The van der Waals surface area contributed by atoms with Gasteiger partial charge in [-0.3, -0.25) is 0 Å². The van der Waals surface area contributed by atoms with Crippen LogP contribution < -0.4 is 5.32 Å². The van der Waals surface area contributed by atoms with Crippen LogP contribution in [0.25, 0.3) is 0 Å². The summed E-state index contributed by atoms with van der Waals surface area (Å²) in [6.45, 7) is 4.28. The number of hydrogen-bond donors (Lipinski definition) is 1. The van der Waals surface area contributed by atoms with Gasteiger partial charge in [-0.05, 0) is 62.5 Å². The molecule has 0 bridgehead atoms.